The molecule has 2 fully saturated rings. The topological polar surface area (TPSA) is 41.1 Å². The summed E-state index contributed by atoms with van der Waals surface area (Å²) in [4.78, 5) is 11.5. The number of rotatable bonds is 6. The summed E-state index contributed by atoms with van der Waals surface area (Å²) in [6.45, 7) is 3.29. The molecule has 2 rings (SSSR count). The number of carbonyl (C=O) groups excluding carboxylic acids is 1. The minimum absolute atomic E-state index is 0.236. The highest BCUT2D eigenvalue weighted by Gasteiger charge is 2.23. The van der Waals surface area contributed by atoms with Gasteiger partial charge in [-0.2, -0.15) is 11.8 Å². The number of nitrogens with one attached hydrogen (secondary N) is 2. The van der Waals surface area contributed by atoms with Gasteiger partial charge in [-0.15, -0.1) is 0 Å². The second-order valence-corrected chi connectivity index (χ2v) is 6.71. The first-order valence-corrected chi connectivity index (χ1v) is 7.95. The minimum atomic E-state index is 0.236. The molecule has 1 aliphatic heterocycles. The normalized spacial score (nSPS) is 29.0. The fourth-order valence-corrected chi connectivity index (χ4v) is 3.43. The van der Waals surface area contributed by atoms with Crippen LogP contribution in [-0.2, 0) is 4.79 Å². The van der Waals surface area contributed by atoms with Gasteiger partial charge in [0.15, 0.2) is 0 Å². The summed E-state index contributed by atoms with van der Waals surface area (Å²) >= 11 is 2.07. The molecule has 17 heavy (non-hydrogen) atoms. The molecule has 1 saturated carbocycles. The van der Waals surface area contributed by atoms with Crippen LogP contribution < -0.4 is 10.6 Å². The largest absolute Gasteiger partial charge is 0.353 e. The van der Waals surface area contributed by atoms with Gasteiger partial charge >= 0.3 is 0 Å². The highest BCUT2D eigenvalue weighted by Crippen LogP contribution is 2.24. The molecule has 2 unspecified atom stereocenters. The summed E-state index contributed by atoms with van der Waals surface area (Å²) in [7, 11) is 0. The van der Waals surface area contributed by atoms with Crippen LogP contribution in [0.25, 0.3) is 0 Å². The van der Waals surface area contributed by atoms with E-state index in [0.717, 1.165) is 18.2 Å². The summed E-state index contributed by atoms with van der Waals surface area (Å²) in [5, 5.41) is 7.35. The van der Waals surface area contributed by atoms with Crippen molar-refractivity contribution in [1.29, 1.82) is 0 Å². The van der Waals surface area contributed by atoms with Crippen LogP contribution >= 0.6 is 11.8 Å². The summed E-state index contributed by atoms with van der Waals surface area (Å²) in [6, 6.07) is 1.16. The smallest absolute Gasteiger partial charge is 0.220 e. The van der Waals surface area contributed by atoms with Crippen molar-refractivity contribution in [3.05, 3.63) is 0 Å². The van der Waals surface area contributed by atoms with Gasteiger partial charge in [-0.1, -0.05) is 6.92 Å². The van der Waals surface area contributed by atoms with E-state index in [9.17, 15) is 4.79 Å². The predicted octanol–water partition coefficient (Wildman–Crippen LogP) is 1.92. The van der Waals surface area contributed by atoms with E-state index in [0.29, 0.717) is 18.5 Å². The zero-order valence-corrected chi connectivity index (χ0v) is 11.5. The quantitative estimate of drug-likeness (QED) is 0.713. The molecule has 0 radical (unpaired) electrons. The standard InChI is InChI=1S/C13H24N2OS/c1-10-12(4-3-9-17-10)14-8-2-5-13(16)15-11-6-7-11/h10-12,14H,2-9H2,1H3,(H,15,16). The van der Waals surface area contributed by atoms with Gasteiger partial charge in [0.05, 0.1) is 0 Å². The van der Waals surface area contributed by atoms with Crippen molar-refractivity contribution in [2.75, 3.05) is 12.3 Å². The molecule has 2 atom stereocenters. The first-order valence-electron chi connectivity index (χ1n) is 6.90. The van der Waals surface area contributed by atoms with Gasteiger partial charge in [0.25, 0.3) is 0 Å². The van der Waals surface area contributed by atoms with Crippen LogP contribution in [0.2, 0.25) is 0 Å². The molecule has 1 heterocycles. The monoisotopic (exact) mass is 256 g/mol. The maximum Gasteiger partial charge on any atom is 0.220 e. The number of hydrogen-bond acceptors (Lipinski definition) is 3. The van der Waals surface area contributed by atoms with Crippen LogP contribution in [-0.4, -0.2) is 35.5 Å². The third-order valence-corrected chi connectivity index (χ3v) is 4.92. The van der Waals surface area contributed by atoms with Crippen LogP contribution in [0.5, 0.6) is 0 Å². The molecule has 1 amide bonds. The highest BCUT2D eigenvalue weighted by atomic mass is 32.2. The highest BCUT2D eigenvalue weighted by molar-refractivity contribution is 7.99. The Morgan fingerprint density at radius 3 is 2.88 bits per heavy atom. The van der Waals surface area contributed by atoms with Gasteiger partial charge in [0, 0.05) is 23.8 Å². The summed E-state index contributed by atoms with van der Waals surface area (Å²) in [6.07, 6.45) is 6.63. The second kappa shape index (κ2) is 6.64. The van der Waals surface area contributed by atoms with Crippen LogP contribution in [0.3, 0.4) is 0 Å². The van der Waals surface area contributed by atoms with Crippen molar-refractivity contribution < 1.29 is 4.79 Å². The van der Waals surface area contributed by atoms with Crippen molar-refractivity contribution in [3.8, 4) is 0 Å². The molecule has 3 nitrogen and oxygen atoms in total. The number of thioether (sulfide) groups is 1. The Balaban J connectivity index is 1.51. The van der Waals surface area contributed by atoms with Crippen LogP contribution in [0.15, 0.2) is 0 Å². The van der Waals surface area contributed by atoms with E-state index >= 15 is 0 Å². The van der Waals surface area contributed by atoms with Gasteiger partial charge in [0.2, 0.25) is 5.91 Å². The molecule has 1 saturated heterocycles. The lowest BCUT2D eigenvalue weighted by atomic mass is 10.1. The first kappa shape index (κ1) is 13.2. The van der Waals surface area contributed by atoms with E-state index < -0.39 is 0 Å². The molecule has 0 spiro atoms. The van der Waals surface area contributed by atoms with Gasteiger partial charge in [0.1, 0.15) is 0 Å². The third-order valence-electron chi connectivity index (χ3n) is 3.54. The fraction of sp³-hybridized carbons (Fsp3) is 0.923. The maximum atomic E-state index is 11.5. The Kier molecular flexibility index (Phi) is 5.16. The van der Waals surface area contributed by atoms with E-state index in [2.05, 4.69) is 29.3 Å². The average molecular weight is 256 g/mol. The number of hydrogen-bond donors (Lipinski definition) is 2. The molecule has 0 aromatic heterocycles. The Hall–Kier alpha value is -0.220. The SMILES string of the molecule is CC1SCCCC1NCCCC(=O)NC1CC1. The van der Waals surface area contributed by atoms with E-state index in [1.807, 2.05) is 0 Å². The summed E-state index contributed by atoms with van der Waals surface area (Å²) < 4.78 is 0. The summed E-state index contributed by atoms with van der Waals surface area (Å²) in [5.41, 5.74) is 0. The van der Waals surface area contributed by atoms with E-state index in [-0.39, 0.29) is 5.91 Å². The van der Waals surface area contributed by atoms with E-state index in [1.54, 1.807) is 0 Å². The molecular formula is C13H24N2OS. The van der Waals surface area contributed by atoms with Crippen molar-refractivity contribution in [1.82, 2.24) is 10.6 Å². The predicted molar refractivity (Wildman–Crippen MR) is 73.3 cm³/mol. The van der Waals surface area contributed by atoms with Crippen molar-refractivity contribution >= 4 is 17.7 Å². The average Bonchev–Trinajstić information content (AvgIpc) is 3.10. The van der Waals surface area contributed by atoms with Gasteiger partial charge in [-0.05, 0) is 44.4 Å². The molecule has 2 N–H and O–H groups in total. The zero-order chi connectivity index (χ0) is 12.1. The fourth-order valence-electron chi connectivity index (χ4n) is 2.26. The Labute approximate surface area is 108 Å². The molecule has 0 aromatic rings. The number of carbonyl (C=O) groups is 1. The van der Waals surface area contributed by atoms with Gasteiger partial charge in [-0.3, -0.25) is 4.79 Å². The molecule has 2 aliphatic rings. The van der Waals surface area contributed by atoms with Gasteiger partial charge in [-0.25, -0.2) is 0 Å². The zero-order valence-electron chi connectivity index (χ0n) is 10.7. The maximum absolute atomic E-state index is 11.5. The van der Waals surface area contributed by atoms with Crippen LogP contribution in [0, 0.1) is 0 Å². The Morgan fingerprint density at radius 1 is 1.35 bits per heavy atom. The minimum Gasteiger partial charge on any atom is -0.353 e. The van der Waals surface area contributed by atoms with Crippen molar-refractivity contribution in [2.45, 2.75) is 62.8 Å². The lowest BCUT2D eigenvalue weighted by Gasteiger charge is -2.29. The molecule has 0 aromatic carbocycles. The second-order valence-electron chi connectivity index (χ2n) is 5.22. The molecule has 4 heteroatoms. The lowest BCUT2D eigenvalue weighted by Crippen LogP contribution is -2.40. The molecule has 0 bridgehead atoms. The van der Waals surface area contributed by atoms with Gasteiger partial charge < -0.3 is 10.6 Å². The van der Waals surface area contributed by atoms with Crippen molar-refractivity contribution in [3.63, 3.8) is 0 Å². The third kappa shape index (κ3) is 4.88. The summed E-state index contributed by atoms with van der Waals surface area (Å²) in [5.74, 6) is 1.55. The van der Waals surface area contributed by atoms with Crippen molar-refractivity contribution in [2.24, 2.45) is 0 Å². The molecule has 1 aliphatic carbocycles. The van der Waals surface area contributed by atoms with Crippen LogP contribution in [0.1, 0.15) is 45.4 Å². The van der Waals surface area contributed by atoms with Crippen LogP contribution in [0.4, 0.5) is 0 Å². The molecular weight excluding hydrogens is 232 g/mol. The number of amides is 1. The van der Waals surface area contributed by atoms with E-state index in [1.165, 1.54) is 31.4 Å². The Morgan fingerprint density at radius 2 is 2.18 bits per heavy atom. The van der Waals surface area contributed by atoms with E-state index in [4.69, 9.17) is 0 Å². The molecule has 98 valence electrons. The first-order chi connectivity index (χ1) is 8.25. The Bertz CT molecular complexity index is 256. The lowest BCUT2D eigenvalue weighted by molar-refractivity contribution is -0.121.